The van der Waals surface area contributed by atoms with Crippen molar-refractivity contribution in [2.24, 2.45) is 0 Å². The van der Waals surface area contributed by atoms with Crippen molar-refractivity contribution in [3.05, 3.63) is 48.0 Å². The average molecular weight is 214 g/mol. The minimum absolute atomic E-state index is 0.348. The second-order valence-electron chi connectivity index (χ2n) is 4.15. The third-order valence-corrected chi connectivity index (χ3v) is 2.79. The first-order valence-corrected chi connectivity index (χ1v) is 5.59. The Morgan fingerprint density at radius 2 is 1.94 bits per heavy atom. The molecule has 2 nitrogen and oxygen atoms in total. The van der Waals surface area contributed by atoms with Crippen LogP contribution in [-0.2, 0) is 16.1 Å². The van der Waals surface area contributed by atoms with Gasteiger partial charge in [0.25, 0.3) is 0 Å². The third kappa shape index (κ3) is 2.23. The van der Waals surface area contributed by atoms with E-state index >= 15 is 0 Å². The lowest BCUT2D eigenvalue weighted by atomic mass is 10.1. The molecule has 2 heteroatoms. The molecule has 1 saturated heterocycles. The van der Waals surface area contributed by atoms with Gasteiger partial charge in [0, 0.05) is 0 Å². The summed E-state index contributed by atoms with van der Waals surface area (Å²) in [6.07, 6.45) is 0.348. The van der Waals surface area contributed by atoms with Crippen molar-refractivity contribution in [2.45, 2.75) is 12.7 Å². The molecule has 0 bridgehead atoms. The topological polar surface area (TPSA) is 21.8 Å². The highest BCUT2D eigenvalue weighted by Gasteiger charge is 2.22. The fraction of sp³-hybridized carbons (Fsp3) is 0.286. The normalized spacial score (nSPS) is 18.9. The van der Waals surface area contributed by atoms with Crippen molar-refractivity contribution >= 4 is 10.8 Å². The molecule has 2 aromatic carbocycles. The van der Waals surface area contributed by atoms with Gasteiger partial charge in [0.15, 0.2) is 0 Å². The van der Waals surface area contributed by atoms with E-state index in [9.17, 15) is 0 Å². The fourth-order valence-electron chi connectivity index (χ4n) is 1.80. The van der Waals surface area contributed by atoms with Crippen LogP contribution in [0, 0.1) is 0 Å². The molecule has 0 saturated carbocycles. The zero-order valence-electron chi connectivity index (χ0n) is 9.06. The summed E-state index contributed by atoms with van der Waals surface area (Å²) in [4.78, 5) is 0. The highest BCUT2D eigenvalue weighted by molar-refractivity contribution is 5.82. The Morgan fingerprint density at radius 1 is 1.12 bits per heavy atom. The smallest absolute Gasteiger partial charge is 0.104 e. The number of benzene rings is 2. The van der Waals surface area contributed by atoms with Gasteiger partial charge in [-0.3, -0.25) is 0 Å². The summed E-state index contributed by atoms with van der Waals surface area (Å²) in [5.74, 6) is 0. The molecule has 16 heavy (non-hydrogen) atoms. The lowest BCUT2D eigenvalue weighted by Crippen LogP contribution is -2.01. The Morgan fingerprint density at radius 3 is 2.75 bits per heavy atom. The molecule has 0 spiro atoms. The second-order valence-corrected chi connectivity index (χ2v) is 4.15. The minimum atomic E-state index is 0.348. The molecule has 1 aliphatic rings. The van der Waals surface area contributed by atoms with Gasteiger partial charge < -0.3 is 9.47 Å². The SMILES string of the molecule is c1ccc2cc(COC[C@H]3CO3)ccc2c1. The Labute approximate surface area is 94.8 Å². The molecule has 0 aromatic heterocycles. The van der Waals surface area contributed by atoms with Crippen LogP contribution in [0.3, 0.4) is 0 Å². The first kappa shape index (κ1) is 9.82. The maximum Gasteiger partial charge on any atom is 0.104 e. The number of epoxide rings is 1. The average Bonchev–Trinajstić information content (AvgIpc) is 3.13. The first-order valence-electron chi connectivity index (χ1n) is 5.59. The fourth-order valence-corrected chi connectivity index (χ4v) is 1.80. The van der Waals surface area contributed by atoms with E-state index in [4.69, 9.17) is 9.47 Å². The van der Waals surface area contributed by atoms with E-state index in [1.54, 1.807) is 0 Å². The van der Waals surface area contributed by atoms with E-state index in [1.807, 2.05) is 0 Å². The van der Waals surface area contributed by atoms with Crippen LogP contribution in [0.5, 0.6) is 0 Å². The molecular formula is C14H14O2. The van der Waals surface area contributed by atoms with Gasteiger partial charge in [0.2, 0.25) is 0 Å². The highest BCUT2D eigenvalue weighted by atomic mass is 16.6. The summed E-state index contributed by atoms with van der Waals surface area (Å²) in [6.45, 7) is 2.25. The summed E-state index contributed by atoms with van der Waals surface area (Å²) < 4.78 is 10.7. The molecule has 0 aliphatic carbocycles. The molecule has 3 rings (SSSR count). The largest absolute Gasteiger partial charge is 0.374 e. The van der Waals surface area contributed by atoms with Crippen molar-refractivity contribution in [1.82, 2.24) is 0 Å². The van der Waals surface area contributed by atoms with Gasteiger partial charge >= 0.3 is 0 Å². The predicted molar refractivity (Wildman–Crippen MR) is 63.3 cm³/mol. The minimum Gasteiger partial charge on any atom is -0.374 e. The predicted octanol–water partition coefficient (Wildman–Crippen LogP) is 2.76. The summed E-state index contributed by atoms with van der Waals surface area (Å²) in [6, 6.07) is 14.8. The summed E-state index contributed by atoms with van der Waals surface area (Å²) in [5, 5.41) is 2.54. The summed E-state index contributed by atoms with van der Waals surface area (Å²) in [5.41, 5.74) is 1.22. The number of hydrogen-bond donors (Lipinski definition) is 0. The van der Waals surface area contributed by atoms with Crippen molar-refractivity contribution in [2.75, 3.05) is 13.2 Å². The standard InChI is InChI=1S/C14H14O2/c1-2-4-13-7-11(5-6-12(13)3-1)8-15-9-14-10-16-14/h1-7,14H,8-10H2/t14-/m0/s1. The Bertz CT molecular complexity index is 489. The molecular weight excluding hydrogens is 200 g/mol. The van der Waals surface area contributed by atoms with Crippen molar-refractivity contribution in [3.8, 4) is 0 Å². The number of rotatable bonds is 4. The van der Waals surface area contributed by atoms with Crippen LogP contribution in [0.25, 0.3) is 10.8 Å². The molecule has 0 radical (unpaired) electrons. The molecule has 1 aliphatic heterocycles. The van der Waals surface area contributed by atoms with Crippen LogP contribution in [0.2, 0.25) is 0 Å². The molecule has 1 atom stereocenters. The molecule has 2 aromatic rings. The maximum atomic E-state index is 5.57. The van der Waals surface area contributed by atoms with Crippen LogP contribution in [0.4, 0.5) is 0 Å². The highest BCUT2D eigenvalue weighted by Crippen LogP contribution is 2.17. The van der Waals surface area contributed by atoms with Crippen LogP contribution < -0.4 is 0 Å². The van der Waals surface area contributed by atoms with Gasteiger partial charge in [-0.15, -0.1) is 0 Å². The molecule has 0 N–H and O–H groups in total. The zero-order valence-corrected chi connectivity index (χ0v) is 9.06. The quantitative estimate of drug-likeness (QED) is 0.730. The van der Waals surface area contributed by atoms with E-state index in [1.165, 1.54) is 16.3 Å². The van der Waals surface area contributed by atoms with Gasteiger partial charge in [-0.25, -0.2) is 0 Å². The van der Waals surface area contributed by atoms with E-state index < -0.39 is 0 Å². The van der Waals surface area contributed by atoms with Crippen LogP contribution in [0.1, 0.15) is 5.56 Å². The molecule has 0 unspecified atom stereocenters. The summed E-state index contributed by atoms with van der Waals surface area (Å²) >= 11 is 0. The Kier molecular flexibility index (Phi) is 2.60. The monoisotopic (exact) mass is 214 g/mol. The Balaban J connectivity index is 1.71. The van der Waals surface area contributed by atoms with Crippen molar-refractivity contribution in [1.29, 1.82) is 0 Å². The molecule has 1 heterocycles. The van der Waals surface area contributed by atoms with Gasteiger partial charge in [-0.2, -0.15) is 0 Å². The number of fused-ring (bicyclic) bond motifs is 1. The molecule has 0 amide bonds. The molecule has 82 valence electrons. The third-order valence-electron chi connectivity index (χ3n) is 2.79. The van der Waals surface area contributed by atoms with E-state index in [2.05, 4.69) is 42.5 Å². The Hall–Kier alpha value is -1.38. The number of hydrogen-bond acceptors (Lipinski definition) is 2. The maximum absolute atomic E-state index is 5.57. The van der Waals surface area contributed by atoms with Crippen LogP contribution in [-0.4, -0.2) is 19.3 Å². The van der Waals surface area contributed by atoms with Crippen LogP contribution in [0.15, 0.2) is 42.5 Å². The van der Waals surface area contributed by atoms with Gasteiger partial charge in [0.05, 0.1) is 19.8 Å². The molecule has 1 fully saturated rings. The van der Waals surface area contributed by atoms with E-state index in [-0.39, 0.29) is 0 Å². The van der Waals surface area contributed by atoms with Gasteiger partial charge in [-0.05, 0) is 22.4 Å². The van der Waals surface area contributed by atoms with Gasteiger partial charge in [-0.1, -0.05) is 36.4 Å². The van der Waals surface area contributed by atoms with E-state index in [0.29, 0.717) is 19.3 Å². The van der Waals surface area contributed by atoms with Gasteiger partial charge in [0.1, 0.15) is 6.10 Å². The van der Waals surface area contributed by atoms with E-state index in [0.717, 1.165) is 6.61 Å². The van der Waals surface area contributed by atoms with Crippen LogP contribution >= 0.6 is 0 Å². The van der Waals surface area contributed by atoms with Crippen molar-refractivity contribution < 1.29 is 9.47 Å². The summed E-state index contributed by atoms with van der Waals surface area (Å²) in [7, 11) is 0. The number of ether oxygens (including phenoxy) is 2. The van der Waals surface area contributed by atoms with Crippen molar-refractivity contribution in [3.63, 3.8) is 0 Å². The second kappa shape index (κ2) is 4.24. The lowest BCUT2D eigenvalue weighted by molar-refractivity contribution is 0.104. The first-order chi connectivity index (χ1) is 7.92. The lowest BCUT2D eigenvalue weighted by Gasteiger charge is -2.04. The zero-order chi connectivity index (χ0) is 10.8.